The van der Waals surface area contributed by atoms with Crippen LogP contribution in [0.15, 0.2) is 30.3 Å². The minimum atomic E-state index is -0.387. The Morgan fingerprint density at radius 3 is 2.16 bits per heavy atom. The quantitative estimate of drug-likeness (QED) is 0.445. The molecule has 43 heavy (non-hydrogen) atoms. The Balaban J connectivity index is 1.16. The third-order valence-electron chi connectivity index (χ3n) is 10.9. The van der Waals surface area contributed by atoms with E-state index in [0.29, 0.717) is 11.9 Å². The first-order valence-corrected chi connectivity index (χ1v) is 17.8. The lowest BCUT2D eigenvalue weighted by atomic mass is 9.78. The standard InChI is InChI=1S/C35H61N7O/c1-30(2)31-11-13-32(14-12-31)40-26-15-35(16-27-40)34(43)41(29-42(35)33-9-4-3-5-10-33)25-8-24-39-23-7-19-37-21-20-36-17-6-18-38-22-28-39/h3-5,9-10,30-32,36-38H,6-8,11-29H2,1-2H3. The second-order valence-corrected chi connectivity index (χ2v) is 14.0. The molecule has 0 radical (unpaired) electrons. The van der Waals surface area contributed by atoms with Crippen molar-refractivity contribution in [2.24, 2.45) is 11.8 Å². The van der Waals surface area contributed by atoms with Gasteiger partial charge in [0.1, 0.15) is 5.54 Å². The van der Waals surface area contributed by atoms with Gasteiger partial charge in [0.15, 0.2) is 0 Å². The number of para-hydroxylation sites is 1. The fraction of sp³-hybridized carbons (Fsp3) is 0.800. The van der Waals surface area contributed by atoms with Crippen LogP contribution in [-0.4, -0.2) is 117 Å². The largest absolute Gasteiger partial charge is 0.339 e. The van der Waals surface area contributed by atoms with Crippen molar-refractivity contribution in [2.45, 2.75) is 83.2 Å². The maximum absolute atomic E-state index is 14.3. The summed E-state index contributed by atoms with van der Waals surface area (Å²) in [6, 6.07) is 11.5. The third kappa shape index (κ3) is 8.72. The minimum absolute atomic E-state index is 0.375. The molecular formula is C35H61N7O. The van der Waals surface area contributed by atoms with Gasteiger partial charge in [0, 0.05) is 57.5 Å². The van der Waals surface area contributed by atoms with Crippen LogP contribution in [0.25, 0.3) is 0 Å². The van der Waals surface area contributed by atoms with Gasteiger partial charge in [0.25, 0.3) is 0 Å². The lowest BCUT2D eigenvalue weighted by molar-refractivity contribution is -0.134. The van der Waals surface area contributed by atoms with Crippen LogP contribution in [0.1, 0.15) is 71.6 Å². The van der Waals surface area contributed by atoms with Gasteiger partial charge in [-0.05, 0) is 114 Å². The summed E-state index contributed by atoms with van der Waals surface area (Å²) in [7, 11) is 0. The number of carbonyl (C=O) groups excluding carboxylic acids is 1. The van der Waals surface area contributed by atoms with Gasteiger partial charge in [-0.3, -0.25) is 4.79 Å². The highest BCUT2D eigenvalue weighted by atomic mass is 16.2. The van der Waals surface area contributed by atoms with Crippen molar-refractivity contribution in [3.63, 3.8) is 0 Å². The summed E-state index contributed by atoms with van der Waals surface area (Å²) in [5.41, 5.74) is 0.815. The summed E-state index contributed by atoms with van der Waals surface area (Å²) >= 11 is 0. The lowest BCUT2D eigenvalue weighted by Gasteiger charge is -2.47. The fourth-order valence-corrected chi connectivity index (χ4v) is 8.14. The molecule has 4 aliphatic rings. The van der Waals surface area contributed by atoms with Crippen molar-refractivity contribution in [3.8, 4) is 0 Å². The van der Waals surface area contributed by atoms with Crippen molar-refractivity contribution in [2.75, 3.05) is 90.1 Å². The molecule has 3 saturated heterocycles. The van der Waals surface area contributed by atoms with Gasteiger partial charge in [-0.15, -0.1) is 0 Å². The summed E-state index contributed by atoms with van der Waals surface area (Å²) in [6.07, 6.45) is 10.7. The Labute approximate surface area is 262 Å². The second-order valence-electron chi connectivity index (χ2n) is 14.0. The van der Waals surface area contributed by atoms with Crippen LogP contribution in [0.2, 0.25) is 0 Å². The van der Waals surface area contributed by atoms with E-state index >= 15 is 0 Å². The van der Waals surface area contributed by atoms with Gasteiger partial charge in [-0.25, -0.2) is 0 Å². The smallest absolute Gasteiger partial charge is 0.250 e. The highest BCUT2D eigenvalue weighted by molar-refractivity contribution is 5.93. The first-order chi connectivity index (χ1) is 21.1. The van der Waals surface area contributed by atoms with Crippen molar-refractivity contribution >= 4 is 11.6 Å². The van der Waals surface area contributed by atoms with Crippen LogP contribution in [0.4, 0.5) is 5.69 Å². The molecule has 5 rings (SSSR count). The number of nitrogens with zero attached hydrogens (tertiary/aromatic N) is 4. The predicted molar refractivity (Wildman–Crippen MR) is 179 cm³/mol. The number of rotatable bonds is 7. The number of amides is 1. The molecular weight excluding hydrogens is 534 g/mol. The molecule has 1 aromatic carbocycles. The third-order valence-corrected chi connectivity index (χ3v) is 10.9. The van der Waals surface area contributed by atoms with E-state index in [1.807, 2.05) is 0 Å². The zero-order valence-corrected chi connectivity index (χ0v) is 27.4. The maximum atomic E-state index is 14.3. The molecule has 0 aromatic heterocycles. The van der Waals surface area contributed by atoms with Crippen molar-refractivity contribution in [1.82, 2.24) is 30.7 Å². The molecule has 0 unspecified atom stereocenters. The Morgan fingerprint density at radius 1 is 0.791 bits per heavy atom. The Hall–Kier alpha value is -1.71. The molecule has 0 bridgehead atoms. The molecule has 242 valence electrons. The van der Waals surface area contributed by atoms with Gasteiger partial charge in [-0.2, -0.15) is 0 Å². The van der Waals surface area contributed by atoms with E-state index in [4.69, 9.17) is 0 Å². The van der Waals surface area contributed by atoms with Crippen molar-refractivity contribution in [1.29, 1.82) is 0 Å². The highest BCUT2D eigenvalue weighted by Gasteiger charge is 2.54. The van der Waals surface area contributed by atoms with E-state index in [9.17, 15) is 4.79 Å². The molecule has 1 amide bonds. The van der Waals surface area contributed by atoms with Crippen LogP contribution in [0.3, 0.4) is 0 Å². The molecule has 1 aromatic rings. The van der Waals surface area contributed by atoms with Crippen molar-refractivity contribution < 1.29 is 4.79 Å². The van der Waals surface area contributed by atoms with E-state index in [0.717, 1.165) is 116 Å². The number of anilines is 1. The SMILES string of the molecule is CC(C)C1CCC(N2CCC3(CC2)C(=O)N(CCCN2CCCNCCNCCCNCC2)CN3c2ccccc2)CC1. The molecule has 1 spiro atoms. The fourth-order valence-electron chi connectivity index (χ4n) is 8.14. The number of carbonyl (C=O) groups is 1. The Bertz CT molecular complexity index is 929. The number of benzene rings is 1. The zero-order valence-electron chi connectivity index (χ0n) is 27.4. The van der Waals surface area contributed by atoms with Crippen LogP contribution >= 0.6 is 0 Å². The average molecular weight is 596 g/mol. The molecule has 1 saturated carbocycles. The maximum Gasteiger partial charge on any atom is 0.250 e. The Kier molecular flexibility index (Phi) is 12.6. The Morgan fingerprint density at radius 2 is 1.47 bits per heavy atom. The molecule has 0 atom stereocenters. The summed E-state index contributed by atoms with van der Waals surface area (Å²) in [6.45, 7) is 18.0. The predicted octanol–water partition coefficient (Wildman–Crippen LogP) is 3.60. The van der Waals surface area contributed by atoms with Gasteiger partial charge in [0.05, 0.1) is 6.67 Å². The molecule has 1 aliphatic carbocycles. The second kappa shape index (κ2) is 16.6. The summed E-state index contributed by atoms with van der Waals surface area (Å²) in [4.78, 5) is 24.3. The molecule has 3 heterocycles. The number of likely N-dealkylation sites (tertiary alicyclic amines) is 1. The number of hydrogen-bond acceptors (Lipinski definition) is 7. The van der Waals surface area contributed by atoms with Crippen molar-refractivity contribution in [3.05, 3.63) is 30.3 Å². The van der Waals surface area contributed by atoms with Gasteiger partial charge < -0.3 is 35.6 Å². The van der Waals surface area contributed by atoms with E-state index in [1.165, 1.54) is 44.2 Å². The molecule has 3 aliphatic heterocycles. The topological polar surface area (TPSA) is 66.1 Å². The molecule has 3 N–H and O–H groups in total. The van der Waals surface area contributed by atoms with Gasteiger partial charge >= 0.3 is 0 Å². The number of nitrogens with one attached hydrogen (secondary N) is 3. The van der Waals surface area contributed by atoms with E-state index < -0.39 is 0 Å². The number of hydrogen-bond donors (Lipinski definition) is 3. The molecule has 8 heteroatoms. The normalized spacial score (nSPS) is 27.6. The average Bonchev–Trinajstić information content (AvgIpc) is 3.30. The van der Waals surface area contributed by atoms with E-state index in [2.05, 4.69) is 79.7 Å². The monoisotopic (exact) mass is 595 g/mol. The summed E-state index contributed by atoms with van der Waals surface area (Å²) in [5.74, 6) is 2.08. The summed E-state index contributed by atoms with van der Waals surface area (Å²) < 4.78 is 0. The molecule has 8 nitrogen and oxygen atoms in total. The highest BCUT2D eigenvalue weighted by Crippen LogP contribution is 2.41. The van der Waals surface area contributed by atoms with Gasteiger partial charge in [-0.1, -0.05) is 32.0 Å². The van der Waals surface area contributed by atoms with Gasteiger partial charge in [0.2, 0.25) is 5.91 Å². The van der Waals surface area contributed by atoms with Crippen LogP contribution in [0, 0.1) is 11.8 Å². The first kappa shape index (κ1) is 32.7. The van der Waals surface area contributed by atoms with E-state index in [-0.39, 0.29) is 5.54 Å². The summed E-state index contributed by atoms with van der Waals surface area (Å²) in [5, 5.41) is 10.7. The molecule has 4 fully saturated rings. The zero-order chi connectivity index (χ0) is 29.9. The van der Waals surface area contributed by atoms with E-state index in [1.54, 1.807) is 0 Å². The minimum Gasteiger partial charge on any atom is -0.339 e. The van der Waals surface area contributed by atoms with Crippen LogP contribution in [0.5, 0.6) is 0 Å². The first-order valence-electron chi connectivity index (χ1n) is 17.8. The lowest BCUT2D eigenvalue weighted by Crippen LogP contribution is -2.58. The van der Waals surface area contributed by atoms with Crippen LogP contribution < -0.4 is 20.9 Å². The van der Waals surface area contributed by atoms with Crippen LogP contribution in [-0.2, 0) is 4.79 Å². The number of piperidine rings is 1.